The first kappa shape index (κ1) is 13.9. The van der Waals surface area contributed by atoms with Crippen molar-refractivity contribution in [2.45, 2.75) is 30.8 Å². The second-order valence-corrected chi connectivity index (χ2v) is 5.37. The number of alkyl halides is 3. The summed E-state index contributed by atoms with van der Waals surface area (Å²) in [6, 6.07) is 1.48. The minimum Gasteiger partial charge on any atom is -0.248 e. The fourth-order valence-electron chi connectivity index (χ4n) is 1.13. The van der Waals surface area contributed by atoms with E-state index < -0.39 is 26.8 Å². The van der Waals surface area contributed by atoms with Crippen LogP contribution in [0, 0.1) is 0 Å². The summed E-state index contributed by atoms with van der Waals surface area (Å²) in [5.41, 5.74) is -1.23. The molecule has 0 aliphatic rings. The largest absolute Gasteiger partial charge is 0.433 e. The van der Waals surface area contributed by atoms with Crippen LogP contribution in [0.1, 0.15) is 31.2 Å². The van der Waals surface area contributed by atoms with E-state index in [0.29, 0.717) is 6.07 Å². The Balaban J connectivity index is 3.51. The third-order valence-electron chi connectivity index (χ3n) is 2.03. The highest BCUT2D eigenvalue weighted by Gasteiger charge is 2.34. The summed E-state index contributed by atoms with van der Waals surface area (Å²) in [5.74, 6) is -0.335. The lowest BCUT2D eigenvalue weighted by Crippen LogP contribution is -2.17. The first-order valence-electron chi connectivity index (χ1n) is 4.64. The Morgan fingerprint density at radius 2 is 1.82 bits per heavy atom. The van der Waals surface area contributed by atoms with E-state index in [4.69, 9.17) is 5.14 Å². The molecular formula is C9H11F3N2O2S. The lowest BCUT2D eigenvalue weighted by molar-refractivity contribution is -0.141. The predicted octanol–water partition coefficient (Wildman–Crippen LogP) is 1.87. The third-order valence-corrected chi connectivity index (χ3v) is 2.92. The van der Waals surface area contributed by atoms with Gasteiger partial charge in [0.1, 0.15) is 5.69 Å². The average Bonchev–Trinajstić information content (AvgIpc) is 2.14. The molecule has 0 bridgehead atoms. The summed E-state index contributed by atoms with van der Waals surface area (Å²) >= 11 is 0. The van der Waals surface area contributed by atoms with Crippen LogP contribution in [0.25, 0.3) is 0 Å². The SMILES string of the molecule is CC(C)c1cc(S(N)(=O)=O)cc(C(F)(F)F)n1. The van der Waals surface area contributed by atoms with Crippen molar-refractivity contribution in [3.05, 3.63) is 23.5 Å². The summed E-state index contributed by atoms with van der Waals surface area (Å²) < 4.78 is 59.6. The number of halogens is 3. The van der Waals surface area contributed by atoms with Gasteiger partial charge < -0.3 is 0 Å². The highest BCUT2D eigenvalue weighted by Crippen LogP contribution is 2.30. The molecule has 0 atom stereocenters. The van der Waals surface area contributed by atoms with Crippen LogP contribution < -0.4 is 5.14 Å². The van der Waals surface area contributed by atoms with Crippen LogP contribution in [-0.2, 0) is 16.2 Å². The van der Waals surface area contributed by atoms with E-state index >= 15 is 0 Å². The standard InChI is InChI=1S/C9H11F3N2O2S/c1-5(2)7-3-6(17(13,15)16)4-8(14-7)9(10,11)12/h3-5H,1-2H3,(H2,13,15,16). The number of hydrogen-bond acceptors (Lipinski definition) is 3. The molecule has 0 saturated carbocycles. The Labute approximate surface area is 96.7 Å². The Bertz CT molecular complexity index is 524. The van der Waals surface area contributed by atoms with Gasteiger partial charge in [0.25, 0.3) is 0 Å². The minimum atomic E-state index is -4.70. The molecule has 0 spiro atoms. The van der Waals surface area contributed by atoms with Gasteiger partial charge in [-0.3, -0.25) is 0 Å². The Hall–Kier alpha value is -1.15. The predicted molar refractivity (Wildman–Crippen MR) is 54.7 cm³/mol. The molecule has 2 N–H and O–H groups in total. The second-order valence-electron chi connectivity index (χ2n) is 3.81. The van der Waals surface area contributed by atoms with Crippen molar-refractivity contribution in [1.29, 1.82) is 0 Å². The average molecular weight is 268 g/mol. The van der Waals surface area contributed by atoms with Crippen molar-refractivity contribution in [2.24, 2.45) is 5.14 Å². The van der Waals surface area contributed by atoms with Gasteiger partial charge in [0.05, 0.1) is 4.90 Å². The summed E-state index contributed by atoms with van der Waals surface area (Å²) in [7, 11) is -4.18. The van der Waals surface area contributed by atoms with E-state index in [1.165, 1.54) is 0 Å². The number of nitrogens with zero attached hydrogens (tertiary/aromatic N) is 1. The number of nitrogens with two attached hydrogens (primary N) is 1. The molecule has 0 radical (unpaired) electrons. The smallest absolute Gasteiger partial charge is 0.248 e. The monoisotopic (exact) mass is 268 g/mol. The van der Waals surface area contributed by atoms with E-state index in [2.05, 4.69) is 4.98 Å². The zero-order valence-electron chi connectivity index (χ0n) is 9.12. The van der Waals surface area contributed by atoms with Gasteiger partial charge >= 0.3 is 6.18 Å². The molecule has 0 aromatic carbocycles. The molecule has 0 fully saturated rings. The number of hydrogen-bond donors (Lipinski definition) is 1. The molecule has 1 rings (SSSR count). The van der Waals surface area contributed by atoms with E-state index in [0.717, 1.165) is 6.07 Å². The van der Waals surface area contributed by atoms with Crippen LogP contribution in [-0.4, -0.2) is 13.4 Å². The minimum absolute atomic E-state index is 0.0313. The summed E-state index contributed by atoms with van der Waals surface area (Å²) in [6.07, 6.45) is -4.70. The van der Waals surface area contributed by atoms with Gasteiger partial charge in [-0.1, -0.05) is 13.8 Å². The van der Waals surface area contributed by atoms with Crippen LogP contribution >= 0.6 is 0 Å². The summed E-state index contributed by atoms with van der Waals surface area (Å²) in [6.45, 7) is 3.21. The zero-order valence-corrected chi connectivity index (χ0v) is 9.93. The normalized spacial score (nSPS) is 13.1. The van der Waals surface area contributed by atoms with Crippen LogP contribution in [0.4, 0.5) is 13.2 Å². The van der Waals surface area contributed by atoms with Crippen molar-refractivity contribution in [3.63, 3.8) is 0 Å². The van der Waals surface area contributed by atoms with Crippen molar-refractivity contribution in [3.8, 4) is 0 Å². The quantitative estimate of drug-likeness (QED) is 0.889. The Kier molecular flexibility index (Phi) is 3.49. The molecule has 0 aliphatic heterocycles. The molecule has 17 heavy (non-hydrogen) atoms. The Morgan fingerprint density at radius 3 is 2.18 bits per heavy atom. The maximum absolute atomic E-state index is 12.5. The lowest BCUT2D eigenvalue weighted by Gasteiger charge is -2.12. The lowest BCUT2D eigenvalue weighted by atomic mass is 10.1. The van der Waals surface area contributed by atoms with Crippen molar-refractivity contribution >= 4 is 10.0 Å². The van der Waals surface area contributed by atoms with Gasteiger partial charge in [0.15, 0.2) is 0 Å². The number of pyridine rings is 1. The molecule has 0 aliphatic carbocycles. The van der Waals surface area contributed by atoms with Gasteiger partial charge in [-0.2, -0.15) is 13.2 Å². The Morgan fingerprint density at radius 1 is 1.29 bits per heavy atom. The van der Waals surface area contributed by atoms with E-state index in [1.54, 1.807) is 13.8 Å². The van der Waals surface area contributed by atoms with Crippen LogP contribution in [0.5, 0.6) is 0 Å². The van der Waals surface area contributed by atoms with Crippen LogP contribution in [0.3, 0.4) is 0 Å². The molecule has 4 nitrogen and oxygen atoms in total. The maximum Gasteiger partial charge on any atom is 0.433 e. The van der Waals surface area contributed by atoms with Gasteiger partial charge in [0.2, 0.25) is 10.0 Å². The zero-order chi connectivity index (χ0) is 13.4. The number of primary sulfonamides is 1. The molecule has 0 saturated heterocycles. The van der Waals surface area contributed by atoms with Gasteiger partial charge in [-0.25, -0.2) is 18.5 Å². The van der Waals surface area contributed by atoms with E-state index in [1.807, 2.05) is 0 Å². The number of sulfonamides is 1. The van der Waals surface area contributed by atoms with Crippen molar-refractivity contribution < 1.29 is 21.6 Å². The fraction of sp³-hybridized carbons (Fsp3) is 0.444. The first-order chi connectivity index (χ1) is 7.51. The van der Waals surface area contributed by atoms with Gasteiger partial charge in [-0.05, 0) is 18.1 Å². The topological polar surface area (TPSA) is 73.1 Å². The molecule has 1 aromatic heterocycles. The second kappa shape index (κ2) is 4.26. The van der Waals surface area contributed by atoms with Gasteiger partial charge in [0, 0.05) is 5.69 Å². The van der Waals surface area contributed by atoms with Crippen LogP contribution in [0.15, 0.2) is 17.0 Å². The van der Waals surface area contributed by atoms with E-state index in [9.17, 15) is 21.6 Å². The maximum atomic E-state index is 12.5. The van der Waals surface area contributed by atoms with Gasteiger partial charge in [-0.15, -0.1) is 0 Å². The molecule has 8 heteroatoms. The van der Waals surface area contributed by atoms with Crippen LogP contribution in [0.2, 0.25) is 0 Å². The third kappa shape index (κ3) is 3.40. The molecular weight excluding hydrogens is 257 g/mol. The molecule has 1 heterocycles. The molecule has 0 amide bonds. The number of rotatable bonds is 2. The fourth-order valence-corrected chi connectivity index (χ4v) is 1.69. The highest BCUT2D eigenvalue weighted by molar-refractivity contribution is 7.89. The molecule has 0 unspecified atom stereocenters. The molecule has 96 valence electrons. The van der Waals surface area contributed by atoms with Crippen molar-refractivity contribution in [2.75, 3.05) is 0 Å². The number of aromatic nitrogens is 1. The highest BCUT2D eigenvalue weighted by atomic mass is 32.2. The molecule has 1 aromatic rings. The summed E-state index contributed by atoms with van der Waals surface area (Å²) in [5, 5.41) is 4.82. The summed E-state index contributed by atoms with van der Waals surface area (Å²) in [4.78, 5) is 2.79. The van der Waals surface area contributed by atoms with E-state index in [-0.39, 0.29) is 11.6 Å². The van der Waals surface area contributed by atoms with Crippen molar-refractivity contribution in [1.82, 2.24) is 4.98 Å². The first-order valence-corrected chi connectivity index (χ1v) is 6.18.